The molecule has 0 spiro atoms. The number of carbonyl (C=O) groups is 1. The predicted molar refractivity (Wildman–Crippen MR) is 91.2 cm³/mol. The Morgan fingerprint density at radius 2 is 1.79 bits per heavy atom. The first-order chi connectivity index (χ1) is 11.4. The van der Waals surface area contributed by atoms with Crippen LogP contribution >= 0.6 is 11.8 Å². The normalized spacial score (nSPS) is 17.8. The highest BCUT2D eigenvalue weighted by molar-refractivity contribution is 7.97. The second-order valence-electron chi connectivity index (χ2n) is 6.09. The minimum atomic E-state index is -4.42. The van der Waals surface area contributed by atoms with E-state index in [4.69, 9.17) is 0 Å². The summed E-state index contributed by atoms with van der Waals surface area (Å²) in [5, 5.41) is 2.48. The van der Waals surface area contributed by atoms with Crippen LogP contribution in [0.4, 0.5) is 13.2 Å². The van der Waals surface area contributed by atoms with E-state index in [-0.39, 0.29) is 17.7 Å². The van der Waals surface area contributed by atoms with E-state index < -0.39 is 17.6 Å². The van der Waals surface area contributed by atoms with Crippen molar-refractivity contribution < 1.29 is 18.0 Å². The van der Waals surface area contributed by atoms with Gasteiger partial charge in [-0.15, -0.1) is 0 Å². The van der Waals surface area contributed by atoms with Crippen LogP contribution in [0.25, 0.3) is 0 Å². The fourth-order valence-electron chi connectivity index (χ4n) is 3.11. The molecule has 134 valence electrons. The standard InChI is InChI=1S/C15H17F3N2O.C2H6S/c16-15(17,18)13-7-10(9-20-4-2-1-3-5-20)6-11-12(13)8-19-14(11)21;1-3-2/h6-7H,1-5,8-9H2,(H,19,21);1-2H3. The zero-order valence-corrected chi connectivity index (χ0v) is 14.8. The van der Waals surface area contributed by atoms with Gasteiger partial charge in [0.15, 0.2) is 0 Å². The van der Waals surface area contributed by atoms with Gasteiger partial charge in [0, 0.05) is 18.7 Å². The number of alkyl halides is 3. The molecule has 0 aromatic heterocycles. The van der Waals surface area contributed by atoms with Gasteiger partial charge >= 0.3 is 6.18 Å². The number of thioether (sulfide) groups is 1. The third-order valence-corrected chi connectivity index (χ3v) is 4.14. The maximum absolute atomic E-state index is 13.2. The zero-order valence-electron chi connectivity index (χ0n) is 14.0. The summed E-state index contributed by atoms with van der Waals surface area (Å²) in [5.74, 6) is -0.406. The molecule has 0 aliphatic carbocycles. The Balaban J connectivity index is 0.000000647. The molecule has 1 aromatic carbocycles. The van der Waals surface area contributed by atoms with E-state index in [1.54, 1.807) is 17.8 Å². The molecule has 1 saturated heterocycles. The molecule has 1 aromatic rings. The molecule has 1 amide bonds. The van der Waals surface area contributed by atoms with Crippen molar-refractivity contribution in [3.63, 3.8) is 0 Å². The van der Waals surface area contributed by atoms with Crippen LogP contribution in [-0.4, -0.2) is 36.4 Å². The number of halogens is 3. The summed E-state index contributed by atoms with van der Waals surface area (Å²) in [5.41, 5.74) is 0.150. The first-order valence-electron chi connectivity index (χ1n) is 8.00. The number of fused-ring (bicyclic) bond motifs is 1. The minimum absolute atomic E-state index is 0.0347. The van der Waals surface area contributed by atoms with Crippen LogP contribution in [0.15, 0.2) is 12.1 Å². The van der Waals surface area contributed by atoms with E-state index in [1.165, 1.54) is 12.5 Å². The van der Waals surface area contributed by atoms with E-state index in [1.807, 2.05) is 12.5 Å². The zero-order chi connectivity index (χ0) is 17.7. The number of likely N-dealkylation sites (tertiary alicyclic amines) is 1. The summed E-state index contributed by atoms with van der Waals surface area (Å²) >= 11 is 1.75. The minimum Gasteiger partial charge on any atom is -0.348 e. The van der Waals surface area contributed by atoms with E-state index in [9.17, 15) is 18.0 Å². The number of hydrogen-bond acceptors (Lipinski definition) is 3. The Kier molecular flexibility index (Phi) is 6.57. The highest BCUT2D eigenvalue weighted by atomic mass is 32.2. The number of carbonyl (C=O) groups excluding carboxylic acids is 1. The Morgan fingerprint density at radius 1 is 1.17 bits per heavy atom. The molecule has 24 heavy (non-hydrogen) atoms. The van der Waals surface area contributed by atoms with Gasteiger partial charge in [0.2, 0.25) is 0 Å². The molecule has 0 unspecified atom stereocenters. The lowest BCUT2D eigenvalue weighted by molar-refractivity contribution is -0.138. The summed E-state index contributed by atoms with van der Waals surface area (Å²) in [4.78, 5) is 13.8. The summed E-state index contributed by atoms with van der Waals surface area (Å²) in [6.07, 6.45) is 3.00. The lowest BCUT2D eigenvalue weighted by Crippen LogP contribution is -2.29. The number of benzene rings is 1. The summed E-state index contributed by atoms with van der Waals surface area (Å²) in [6, 6.07) is 2.81. The van der Waals surface area contributed by atoms with Crippen molar-refractivity contribution in [2.75, 3.05) is 25.6 Å². The van der Waals surface area contributed by atoms with Gasteiger partial charge < -0.3 is 5.32 Å². The first kappa shape index (κ1) is 19.1. The Morgan fingerprint density at radius 3 is 2.38 bits per heavy atom. The number of amides is 1. The summed E-state index contributed by atoms with van der Waals surface area (Å²) in [7, 11) is 0. The van der Waals surface area contributed by atoms with Gasteiger partial charge in [-0.2, -0.15) is 24.9 Å². The van der Waals surface area contributed by atoms with Crippen LogP contribution in [0.2, 0.25) is 0 Å². The number of rotatable bonds is 2. The second-order valence-corrected chi connectivity index (χ2v) is 6.91. The van der Waals surface area contributed by atoms with Crippen molar-refractivity contribution in [1.82, 2.24) is 10.2 Å². The van der Waals surface area contributed by atoms with Crippen LogP contribution in [0.1, 0.15) is 46.3 Å². The van der Waals surface area contributed by atoms with Crippen molar-refractivity contribution in [1.29, 1.82) is 0 Å². The van der Waals surface area contributed by atoms with E-state index in [0.29, 0.717) is 12.1 Å². The highest BCUT2D eigenvalue weighted by Gasteiger charge is 2.37. The first-order valence-corrected chi connectivity index (χ1v) is 9.63. The molecular formula is C17H23F3N2OS. The highest BCUT2D eigenvalue weighted by Crippen LogP contribution is 2.36. The predicted octanol–water partition coefficient (Wildman–Crippen LogP) is 3.91. The van der Waals surface area contributed by atoms with E-state index >= 15 is 0 Å². The molecule has 1 fully saturated rings. The molecular weight excluding hydrogens is 337 g/mol. The van der Waals surface area contributed by atoms with Crippen LogP contribution in [0.3, 0.4) is 0 Å². The second kappa shape index (κ2) is 8.25. The van der Waals surface area contributed by atoms with Gasteiger partial charge in [0.25, 0.3) is 5.91 Å². The van der Waals surface area contributed by atoms with Gasteiger partial charge in [0.1, 0.15) is 0 Å². The largest absolute Gasteiger partial charge is 0.416 e. The number of nitrogens with zero attached hydrogens (tertiary/aromatic N) is 1. The van der Waals surface area contributed by atoms with Gasteiger partial charge in [0.05, 0.1) is 5.56 Å². The smallest absolute Gasteiger partial charge is 0.348 e. The average Bonchev–Trinajstić information content (AvgIpc) is 2.89. The fraction of sp³-hybridized carbons (Fsp3) is 0.588. The summed E-state index contributed by atoms with van der Waals surface area (Å²) in [6.45, 7) is 2.26. The molecule has 0 radical (unpaired) electrons. The topological polar surface area (TPSA) is 32.3 Å². The van der Waals surface area contributed by atoms with Crippen molar-refractivity contribution >= 4 is 17.7 Å². The Bertz CT molecular complexity index is 584. The molecule has 3 rings (SSSR count). The lowest BCUT2D eigenvalue weighted by Gasteiger charge is -2.27. The summed E-state index contributed by atoms with van der Waals surface area (Å²) < 4.78 is 39.5. The van der Waals surface area contributed by atoms with Gasteiger partial charge in [-0.25, -0.2) is 0 Å². The third-order valence-electron chi connectivity index (χ3n) is 4.14. The molecule has 1 N–H and O–H groups in total. The molecule has 0 saturated carbocycles. The number of nitrogens with one attached hydrogen (secondary N) is 1. The Labute approximate surface area is 145 Å². The molecule has 0 atom stereocenters. The quantitative estimate of drug-likeness (QED) is 0.868. The molecule has 2 aliphatic rings. The monoisotopic (exact) mass is 360 g/mol. The van der Waals surface area contributed by atoms with Crippen molar-refractivity contribution in [2.45, 2.75) is 38.5 Å². The van der Waals surface area contributed by atoms with Crippen LogP contribution in [0.5, 0.6) is 0 Å². The molecule has 3 nitrogen and oxygen atoms in total. The maximum atomic E-state index is 13.2. The number of piperidine rings is 1. The van der Waals surface area contributed by atoms with Gasteiger partial charge in [-0.3, -0.25) is 9.69 Å². The van der Waals surface area contributed by atoms with Crippen molar-refractivity contribution in [2.24, 2.45) is 0 Å². The fourth-order valence-corrected chi connectivity index (χ4v) is 3.11. The molecule has 2 aliphatic heterocycles. The average molecular weight is 360 g/mol. The van der Waals surface area contributed by atoms with E-state index in [2.05, 4.69) is 10.2 Å². The maximum Gasteiger partial charge on any atom is 0.416 e. The van der Waals surface area contributed by atoms with Crippen molar-refractivity contribution in [3.05, 3.63) is 34.4 Å². The van der Waals surface area contributed by atoms with Crippen LogP contribution in [0, 0.1) is 0 Å². The molecule has 2 heterocycles. The molecule has 7 heteroatoms. The van der Waals surface area contributed by atoms with Gasteiger partial charge in [-0.05, 0) is 61.7 Å². The van der Waals surface area contributed by atoms with E-state index in [0.717, 1.165) is 25.9 Å². The number of hydrogen-bond donors (Lipinski definition) is 1. The third kappa shape index (κ3) is 4.66. The van der Waals surface area contributed by atoms with Crippen molar-refractivity contribution in [3.8, 4) is 0 Å². The SMILES string of the molecule is CSC.O=C1NCc2c1cc(CN1CCCCC1)cc2C(F)(F)F. The molecule has 0 bridgehead atoms. The van der Waals surface area contributed by atoms with Crippen LogP contribution < -0.4 is 5.32 Å². The Hall–Kier alpha value is -1.21. The van der Waals surface area contributed by atoms with Gasteiger partial charge in [-0.1, -0.05) is 6.42 Å². The van der Waals surface area contributed by atoms with Crippen LogP contribution in [-0.2, 0) is 19.3 Å². The lowest BCUT2D eigenvalue weighted by atomic mass is 9.98.